The van der Waals surface area contributed by atoms with Crippen molar-refractivity contribution in [3.63, 3.8) is 0 Å². The Hall–Kier alpha value is -2.35. The van der Waals surface area contributed by atoms with Gasteiger partial charge in [0.25, 0.3) is 0 Å². The van der Waals surface area contributed by atoms with Gasteiger partial charge >= 0.3 is 5.97 Å². The van der Waals surface area contributed by atoms with Crippen molar-refractivity contribution in [2.24, 2.45) is 10.8 Å². The van der Waals surface area contributed by atoms with Gasteiger partial charge in [0, 0.05) is 0 Å². The van der Waals surface area contributed by atoms with Crippen molar-refractivity contribution in [2.75, 3.05) is 0 Å². The molecule has 0 saturated heterocycles. The SMILES string of the molecule is C=Cc1cc2ccc(C(C)OC(=O)C3(C)CC3(C)C)cc2cc1/C=C\C. The van der Waals surface area contributed by atoms with E-state index >= 15 is 0 Å². The van der Waals surface area contributed by atoms with Crippen LogP contribution >= 0.6 is 0 Å². The summed E-state index contributed by atoms with van der Waals surface area (Å²) in [5.41, 5.74) is 2.97. The molecule has 136 valence electrons. The van der Waals surface area contributed by atoms with Gasteiger partial charge in [-0.1, -0.05) is 50.8 Å². The van der Waals surface area contributed by atoms with Gasteiger partial charge in [-0.3, -0.25) is 4.79 Å². The Balaban J connectivity index is 1.88. The van der Waals surface area contributed by atoms with Crippen LogP contribution in [0.2, 0.25) is 0 Å². The van der Waals surface area contributed by atoms with Crippen LogP contribution in [0.5, 0.6) is 0 Å². The predicted octanol–water partition coefficient (Wildman–Crippen LogP) is 6.56. The van der Waals surface area contributed by atoms with Crippen LogP contribution in [-0.4, -0.2) is 5.97 Å². The first kappa shape index (κ1) is 18.4. The van der Waals surface area contributed by atoms with Crippen molar-refractivity contribution >= 4 is 28.9 Å². The molecule has 0 aliphatic heterocycles. The van der Waals surface area contributed by atoms with Crippen molar-refractivity contribution in [1.29, 1.82) is 0 Å². The van der Waals surface area contributed by atoms with Gasteiger partial charge in [-0.05, 0) is 78.3 Å². The second-order valence-corrected chi connectivity index (χ2v) is 8.23. The van der Waals surface area contributed by atoms with Gasteiger partial charge in [-0.2, -0.15) is 0 Å². The standard InChI is InChI=1S/C24H28O2/c1-7-9-19-14-21-13-18(10-11-20(21)12-17(19)8-2)16(3)26-22(25)24(6)15-23(24,4)5/h7-14,16H,2,15H2,1,3-6H3/b9-7-. The van der Waals surface area contributed by atoms with E-state index < -0.39 is 0 Å². The minimum absolute atomic E-state index is 0.0374. The predicted molar refractivity (Wildman–Crippen MR) is 110 cm³/mol. The molecular formula is C24H28O2. The summed E-state index contributed by atoms with van der Waals surface area (Å²) < 4.78 is 5.80. The number of carbonyl (C=O) groups excluding carboxylic acids is 1. The van der Waals surface area contributed by atoms with E-state index in [9.17, 15) is 4.79 Å². The molecule has 2 aromatic rings. The Bertz CT molecular complexity index is 904. The van der Waals surface area contributed by atoms with Crippen LogP contribution < -0.4 is 0 Å². The summed E-state index contributed by atoms with van der Waals surface area (Å²) >= 11 is 0. The topological polar surface area (TPSA) is 26.3 Å². The highest BCUT2D eigenvalue weighted by Crippen LogP contribution is 2.64. The number of rotatable bonds is 5. The second-order valence-electron chi connectivity index (χ2n) is 8.23. The maximum Gasteiger partial charge on any atom is 0.312 e. The van der Waals surface area contributed by atoms with E-state index in [1.165, 1.54) is 0 Å². The smallest absolute Gasteiger partial charge is 0.312 e. The highest BCUT2D eigenvalue weighted by atomic mass is 16.5. The summed E-state index contributed by atoms with van der Waals surface area (Å²) in [5, 5.41) is 2.30. The lowest BCUT2D eigenvalue weighted by Gasteiger charge is -2.19. The Morgan fingerprint density at radius 1 is 1.15 bits per heavy atom. The fraction of sp³-hybridized carbons (Fsp3) is 0.375. The Morgan fingerprint density at radius 2 is 1.81 bits per heavy atom. The molecule has 0 amide bonds. The average Bonchev–Trinajstić information content (AvgIpc) is 3.13. The normalized spacial score (nSPS) is 22.3. The molecule has 0 heterocycles. The first-order valence-corrected chi connectivity index (χ1v) is 9.26. The fourth-order valence-corrected chi connectivity index (χ4v) is 3.65. The first-order valence-electron chi connectivity index (χ1n) is 9.26. The Morgan fingerprint density at radius 3 is 2.38 bits per heavy atom. The van der Waals surface area contributed by atoms with E-state index in [4.69, 9.17) is 4.74 Å². The van der Waals surface area contributed by atoms with E-state index in [0.29, 0.717) is 0 Å². The second kappa shape index (κ2) is 6.42. The van der Waals surface area contributed by atoms with Crippen LogP contribution in [0.25, 0.3) is 22.9 Å². The molecule has 0 spiro atoms. The number of carbonyl (C=O) groups is 1. The molecule has 1 fully saturated rings. The quantitative estimate of drug-likeness (QED) is 0.572. The molecule has 1 aliphatic rings. The lowest BCUT2D eigenvalue weighted by atomic mass is 9.97. The highest BCUT2D eigenvalue weighted by molar-refractivity contribution is 5.89. The van der Waals surface area contributed by atoms with Crippen LogP contribution in [-0.2, 0) is 9.53 Å². The van der Waals surface area contributed by atoms with Crippen molar-refractivity contribution in [3.8, 4) is 0 Å². The molecule has 2 atom stereocenters. The number of hydrogen-bond acceptors (Lipinski definition) is 2. The zero-order chi connectivity index (χ0) is 19.1. The molecule has 0 N–H and O–H groups in total. The molecule has 2 nitrogen and oxygen atoms in total. The van der Waals surface area contributed by atoms with Gasteiger partial charge in [-0.15, -0.1) is 0 Å². The van der Waals surface area contributed by atoms with E-state index in [1.807, 2.05) is 39.0 Å². The molecule has 0 aromatic heterocycles. The van der Waals surface area contributed by atoms with Crippen LogP contribution in [0.3, 0.4) is 0 Å². The monoisotopic (exact) mass is 348 g/mol. The number of allylic oxidation sites excluding steroid dienone is 1. The fourth-order valence-electron chi connectivity index (χ4n) is 3.65. The third kappa shape index (κ3) is 3.09. The first-order chi connectivity index (χ1) is 12.2. The van der Waals surface area contributed by atoms with Crippen molar-refractivity contribution in [3.05, 3.63) is 59.7 Å². The number of benzene rings is 2. The van der Waals surface area contributed by atoms with Crippen LogP contribution in [0.15, 0.2) is 43.0 Å². The molecule has 2 aromatic carbocycles. The summed E-state index contributed by atoms with van der Waals surface area (Å²) in [6, 6.07) is 10.6. The van der Waals surface area contributed by atoms with Gasteiger partial charge in [0.2, 0.25) is 0 Å². The van der Waals surface area contributed by atoms with Crippen molar-refractivity contribution in [2.45, 2.75) is 47.1 Å². The summed E-state index contributed by atoms with van der Waals surface area (Å²) in [6.07, 6.45) is 6.62. The van der Waals surface area contributed by atoms with Gasteiger partial charge in [-0.25, -0.2) is 0 Å². The molecule has 1 saturated carbocycles. The summed E-state index contributed by atoms with van der Waals surface area (Å²) in [7, 11) is 0. The van der Waals surface area contributed by atoms with Crippen molar-refractivity contribution in [1.82, 2.24) is 0 Å². The van der Waals surface area contributed by atoms with Crippen LogP contribution in [0.4, 0.5) is 0 Å². The lowest BCUT2D eigenvalue weighted by Crippen LogP contribution is -2.22. The maximum atomic E-state index is 12.6. The molecule has 26 heavy (non-hydrogen) atoms. The number of esters is 1. The molecule has 2 heteroatoms. The van der Waals surface area contributed by atoms with Crippen molar-refractivity contribution < 1.29 is 9.53 Å². The summed E-state index contributed by atoms with van der Waals surface area (Å²) in [5.74, 6) is -0.0910. The Labute approximate surface area is 156 Å². The van der Waals surface area contributed by atoms with Crippen LogP contribution in [0, 0.1) is 10.8 Å². The average molecular weight is 348 g/mol. The number of fused-ring (bicyclic) bond motifs is 1. The summed E-state index contributed by atoms with van der Waals surface area (Å²) in [6.45, 7) is 14.1. The minimum Gasteiger partial charge on any atom is -0.457 e. The van der Waals surface area contributed by atoms with Gasteiger partial charge in [0.15, 0.2) is 0 Å². The summed E-state index contributed by atoms with van der Waals surface area (Å²) in [4.78, 5) is 12.6. The zero-order valence-corrected chi connectivity index (χ0v) is 16.4. The van der Waals surface area contributed by atoms with Gasteiger partial charge in [0.1, 0.15) is 6.10 Å². The van der Waals surface area contributed by atoms with Gasteiger partial charge < -0.3 is 4.74 Å². The van der Waals surface area contributed by atoms with E-state index in [1.54, 1.807) is 0 Å². The third-order valence-corrected chi connectivity index (χ3v) is 6.00. The molecular weight excluding hydrogens is 320 g/mol. The van der Waals surface area contributed by atoms with E-state index in [2.05, 4.69) is 50.8 Å². The zero-order valence-electron chi connectivity index (χ0n) is 16.4. The Kier molecular flexibility index (Phi) is 4.56. The maximum absolute atomic E-state index is 12.6. The molecule has 3 rings (SSSR count). The molecule has 1 aliphatic carbocycles. The van der Waals surface area contributed by atoms with Gasteiger partial charge in [0.05, 0.1) is 5.41 Å². The van der Waals surface area contributed by atoms with E-state index in [0.717, 1.165) is 33.9 Å². The largest absolute Gasteiger partial charge is 0.457 e. The molecule has 2 unspecified atom stereocenters. The number of hydrogen-bond donors (Lipinski definition) is 0. The molecule has 0 radical (unpaired) electrons. The lowest BCUT2D eigenvalue weighted by molar-refractivity contribution is -0.156. The molecule has 0 bridgehead atoms. The number of ether oxygens (including phenoxy) is 1. The highest BCUT2D eigenvalue weighted by Gasteiger charge is 2.64. The van der Waals surface area contributed by atoms with Crippen LogP contribution in [0.1, 0.15) is 63.8 Å². The third-order valence-electron chi connectivity index (χ3n) is 6.00. The minimum atomic E-state index is -0.351. The van der Waals surface area contributed by atoms with E-state index in [-0.39, 0.29) is 22.9 Å².